The van der Waals surface area contributed by atoms with Gasteiger partial charge in [0.2, 0.25) is 0 Å². The summed E-state index contributed by atoms with van der Waals surface area (Å²) >= 11 is 6.11. The average Bonchev–Trinajstić information content (AvgIpc) is 2.52. The van der Waals surface area contributed by atoms with Crippen LogP contribution in [0.1, 0.15) is 11.7 Å². The van der Waals surface area contributed by atoms with Crippen LogP contribution in [0.25, 0.3) is 0 Å². The van der Waals surface area contributed by atoms with Gasteiger partial charge in [-0.15, -0.1) is 0 Å². The molecule has 0 aliphatic carbocycles. The van der Waals surface area contributed by atoms with Crippen LogP contribution in [0.15, 0.2) is 48.5 Å². The number of para-hydroxylation sites is 1. The van der Waals surface area contributed by atoms with Crippen LogP contribution in [0.4, 0.5) is 14.9 Å². The Balaban J connectivity index is 1.95. The number of nitrogens with one attached hydrogen (secondary N) is 2. The van der Waals surface area contributed by atoms with Gasteiger partial charge in [-0.1, -0.05) is 41.9 Å². The van der Waals surface area contributed by atoms with Gasteiger partial charge >= 0.3 is 6.03 Å². The predicted octanol–water partition coefficient (Wildman–Crippen LogP) is 3.99. The summed E-state index contributed by atoms with van der Waals surface area (Å²) in [4.78, 5) is 11.8. The van der Waals surface area contributed by atoms with Crippen molar-refractivity contribution in [3.63, 3.8) is 0 Å². The number of urea groups is 1. The zero-order valence-corrected chi connectivity index (χ0v) is 12.7. The molecule has 0 spiro atoms. The van der Waals surface area contributed by atoms with Gasteiger partial charge in [0.05, 0.1) is 5.69 Å². The molecule has 2 aromatic rings. The molecule has 2 rings (SSSR count). The standard InChI is InChI=1S/C16H16ClFN2O2/c1-22-15(11-6-2-3-7-12(11)17)10-19-16(21)20-14-9-5-4-8-13(14)18/h2-9,15H,10H2,1H3,(H2,19,20,21). The Kier molecular flexibility index (Phi) is 5.75. The third-order valence-electron chi connectivity index (χ3n) is 3.11. The molecule has 4 nitrogen and oxygen atoms in total. The maximum Gasteiger partial charge on any atom is 0.319 e. The summed E-state index contributed by atoms with van der Waals surface area (Å²) < 4.78 is 18.8. The zero-order chi connectivity index (χ0) is 15.9. The number of benzene rings is 2. The first-order valence-corrected chi connectivity index (χ1v) is 7.06. The van der Waals surface area contributed by atoms with Gasteiger partial charge in [0, 0.05) is 24.2 Å². The number of halogens is 2. The van der Waals surface area contributed by atoms with Gasteiger partial charge in [0.25, 0.3) is 0 Å². The van der Waals surface area contributed by atoms with Gasteiger partial charge in [-0.25, -0.2) is 9.18 Å². The van der Waals surface area contributed by atoms with E-state index in [0.29, 0.717) is 5.02 Å². The van der Waals surface area contributed by atoms with E-state index in [1.807, 2.05) is 18.2 Å². The topological polar surface area (TPSA) is 50.4 Å². The van der Waals surface area contributed by atoms with E-state index in [2.05, 4.69) is 10.6 Å². The average molecular weight is 323 g/mol. The van der Waals surface area contributed by atoms with E-state index in [0.717, 1.165) is 5.56 Å². The van der Waals surface area contributed by atoms with Crippen LogP contribution in [0.3, 0.4) is 0 Å². The maximum atomic E-state index is 13.4. The summed E-state index contributed by atoms with van der Waals surface area (Å²) in [7, 11) is 1.53. The summed E-state index contributed by atoms with van der Waals surface area (Å²) in [6.07, 6.45) is -0.389. The number of hydrogen-bond acceptors (Lipinski definition) is 2. The van der Waals surface area contributed by atoms with Crippen LogP contribution in [0, 0.1) is 5.82 Å². The molecule has 2 amide bonds. The zero-order valence-electron chi connectivity index (χ0n) is 12.0. The van der Waals surface area contributed by atoms with Crippen molar-refractivity contribution in [1.29, 1.82) is 0 Å². The maximum absolute atomic E-state index is 13.4. The van der Waals surface area contributed by atoms with Gasteiger partial charge in [0.1, 0.15) is 11.9 Å². The highest BCUT2D eigenvalue weighted by Crippen LogP contribution is 2.24. The highest BCUT2D eigenvalue weighted by atomic mass is 35.5. The van der Waals surface area contributed by atoms with E-state index in [1.54, 1.807) is 18.2 Å². The Morgan fingerprint density at radius 2 is 1.91 bits per heavy atom. The third kappa shape index (κ3) is 4.19. The second-order valence-corrected chi connectivity index (χ2v) is 4.97. The van der Waals surface area contributed by atoms with Gasteiger partial charge in [-0.3, -0.25) is 0 Å². The molecule has 116 valence electrons. The highest BCUT2D eigenvalue weighted by molar-refractivity contribution is 6.31. The van der Waals surface area contributed by atoms with Crippen LogP contribution >= 0.6 is 11.6 Å². The summed E-state index contributed by atoms with van der Waals surface area (Å²) in [5, 5.41) is 5.64. The molecule has 0 saturated heterocycles. The monoisotopic (exact) mass is 322 g/mol. The molecular weight excluding hydrogens is 307 g/mol. The predicted molar refractivity (Wildman–Crippen MR) is 84.6 cm³/mol. The summed E-state index contributed by atoms with van der Waals surface area (Å²) in [5.41, 5.74) is 0.893. The van der Waals surface area contributed by atoms with Crippen molar-refractivity contribution < 1.29 is 13.9 Å². The van der Waals surface area contributed by atoms with Crippen LogP contribution in [0.5, 0.6) is 0 Å². The molecule has 0 fully saturated rings. The number of anilines is 1. The Bertz CT molecular complexity index is 652. The van der Waals surface area contributed by atoms with E-state index < -0.39 is 11.8 Å². The van der Waals surface area contributed by atoms with E-state index in [1.165, 1.54) is 19.2 Å². The van der Waals surface area contributed by atoms with Crippen LogP contribution < -0.4 is 10.6 Å². The molecule has 0 aliphatic rings. The van der Waals surface area contributed by atoms with Gasteiger partial charge in [-0.2, -0.15) is 0 Å². The number of carbonyl (C=O) groups is 1. The Morgan fingerprint density at radius 1 is 1.23 bits per heavy atom. The fraction of sp³-hybridized carbons (Fsp3) is 0.188. The lowest BCUT2D eigenvalue weighted by atomic mass is 10.1. The Morgan fingerprint density at radius 3 is 2.59 bits per heavy atom. The Labute approximate surface area is 133 Å². The molecule has 2 N–H and O–H groups in total. The fourth-order valence-corrected chi connectivity index (χ4v) is 2.23. The van der Waals surface area contributed by atoms with Gasteiger partial charge in [-0.05, 0) is 18.2 Å². The number of methoxy groups -OCH3 is 1. The lowest BCUT2D eigenvalue weighted by molar-refractivity contribution is 0.104. The molecule has 2 aromatic carbocycles. The van der Waals surface area contributed by atoms with E-state index >= 15 is 0 Å². The van der Waals surface area contributed by atoms with Crippen molar-refractivity contribution in [2.75, 3.05) is 19.0 Å². The summed E-state index contributed by atoms with van der Waals surface area (Å²) in [5.74, 6) is -0.493. The third-order valence-corrected chi connectivity index (χ3v) is 3.45. The molecule has 0 heterocycles. The number of rotatable bonds is 5. The van der Waals surface area contributed by atoms with Crippen molar-refractivity contribution >= 4 is 23.3 Å². The number of carbonyl (C=O) groups excluding carboxylic acids is 1. The summed E-state index contributed by atoms with van der Waals surface area (Å²) in [6, 6.07) is 12.7. The molecule has 0 aliphatic heterocycles. The first-order chi connectivity index (χ1) is 10.6. The Hall–Kier alpha value is -2.11. The van der Waals surface area contributed by atoms with E-state index in [-0.39, 0.29) is 18.3 Å². The molecule has 1 unspecified atom stereocenters. The minimum absolute atomic E-state index is 0.117. The molecule has 0 saturated carbocycles. The van der Waals surface area contributed by atoms with Crippen LogP contribution in [0.2, 0.25) is 5.02 Å². The number of ether oxygens (including phenoxy) is 1. The van der Waals surface area contributed by atoms with Crippen molar-refractivity contribution in [2.45, 2.75) is 6.10 Å². The van der Waals surface area contributed by atoms with Gasteiger partial charge in [0.15, 0.2) is 0 Å². The molecular formula is C16H16ClFN2O2. The minimum Gasteiger partial charge on any atom is -0.375 e. The highest BCUT2D eigenvalue weighted by Gasteiger charge is 2.15. The lowest BCUT2D eigenvalue weighted by Gasteiger charge is -2.18. The van der Waals surface area contributed by atoms with Crippen molar-refractivity contribution in [3.8, 4) is 0 Å². The van der Waals surface area contributed by atoms with E-state index in [4.69, 9.17) is 16.3 Å². The second-order valence-electron chi connectivity index (χ2n) is 4.56. The largest absolute Gasteiger partial charge is 0.375 e. The van der Waals surface area contributed by atoms with Crippen LogP contribution in [-0.4, -0.2) is 19.7 Å². The molecule has 1 atom stereocenters. The summed E-state index contributed by atoms with van der Waals surface area (Å²) in [6.45, 7) is 0.209. The molecule has 6 heteroatoms. The normalized spacial score (nSPS) is 11.8. The van der Waals surface area contributed by atoms with Crippen molar-refractivity contribution in [2.24, 2.45) is 0 Å². The molecule has 0 bridgehead atoms. The van der Waals surface area contributed by atoms with Gasteiger partial charge < -0.3 is 15.4 Å². The molecule has 22 heavy (non-hydrogen) atoms. The number of amides is 2. The minimum atomic E-state index is -0.515. The quantitative estimate of drug-likeness (QED) is 0.874. The molecule has 0 aromatic heterocycles. The van der Waals surface area contributed by atoms with E-state index in [9.17, 15) is 9.18 Å². The second kappa shape index (κ2) is 7.77. The smallest absolute Gasteiger partial charge is 0.319 e. The fourth-order valence-electron chi connectivity index (χ4n) is 1.97. The molecule has 0 radical (unpaired) electrons. The van der Waals surface area contributed by atoms with Crippen LogP contribution in [-0.2, 0) is 4.74 Å². The van der Waals surface area contributed by atoms with Crippen molar-refractivity contribution in [3.05, 3.63) is 64.9 Å². The lowest BCUT2D eigenvalue weighted by Crippen LogP contribution is -2.33. The SMILES string of the molecule is COC(CNC(=O)Nc1ccccc1F)c1ccccc1Cl. The first-order valence-electron chi connectivity index (χ1n) is 6.68. The number of hydrogen-bond donors (Lipinski definition) is 2. The first kappa shape index (κ1) is 16.3. The van der Waals surface area contributed by atoms with Crippen molar-refractivity contribution in [1.82, 2.24) is 5.32 Å².